The first-order chi connectivity index (χ1) is 9.81. The molecule has 0 unspecified atom stereocenters. The number of aromatic nitrogens is 3. The van der Waals surface area contributed by atoms with E-state index < -0.39 is 0 Å². The van der Waals surface area contributed by atoms with Crippen molar-refractivity contribution >= 4 is 38.9 Å². The number of thiazole rings is 1. The zero-order valence-corrected chi connectivity index (χ0v) is 11.9. The molecule has 20 heavy (non-hydrogen) atoms. The number of nitrogens with one attached hydrogen (secondary N) is 2. The summed E-state index contributed by atoms with van der Waals surface area (Å²) in [6.45, 7) is 0. The summed E-state index contributed by atoms with van der Waals surface area (Å²) >= 11 is 1.60. The van der Waals surface area contributed by atoms with Crippen molar-refractivity contribution in [1.29, 1.82) is 0 Å². The fraction of sp³-hybridized carbons (Fsp3) is 0.154. The van der Waals surface area contributed by atoms with Crippen molar-refractivity contribution in [2.45, 2.75) is 0 Å². The largest absolute Gasteiger partial charge is 0.490 e. The van der Waals surface area contributed by atoms with Gasteiger partial charge in [-0.1, -0.05) is 0 Å². The smallest absolute Gasteiger partial charge is 0.204 e. The highest BCUT2D eigenvalue weighted by Gasteiger charge is 2.11. The zero-order chi connectivity index (χ0) is 13.9. The Balaban J connectivity index is 1.97. The molecule has 2 heterocycles. The predicted molar refractivity (Wildman–Crippen MR) is 81.0 cm³/mol. The molecule has 1 aromatic carbocycles. The minimum Gasteiger partial charge on any atom is -0.490 e. The van der Waals surface area contributed by atoms with E-state index in [9.17, 15) is 0 Å². The van der Waals surface area contributed by atoms with Crippen LogP contribution in [0.25, 0.3) is 10.2 Å². The number of benzene rings is 1. The van der Waals surface area contributed by atoms with Gasteiger partial charge in [0.1, 0.15) is 6.33 Å². The first-order valence-corrected chi connectivity index (χ1v) is 6.87. The first-order valence-electron chi connectivity index (χ1n) is 5.99. The number of methoxy groups -OCH3 is 1. The average molecular weight is 287 g/mol. The Kier molecular flexibility index (Phi) is 3.34. The lowest BCUT2D eigenvalue weighted by Crippen LogP contribution is -2.03. The summed E-state index contributed by atoms with van der Waals surface area (Å²) in [5, 5.41) is 6.22. The van der Waals surface area contributed by atoms with Gasteiger partial charge in [0.05, 0.1) is 22.8 Å². The average Bonchev–Trinajstić information content (AvgIpc) is 2.94. The van der Waals surface area contributed by atoms with Crippen LogP contribution in [0.3, 0.4) is 0 Å². The molecule has 6 nitrogen and oxygen atoms in total. The lowest BCUT2D eigenvalue weighted by molar-refractivity contribution is 0.415. The van der Waals surface area contributed by atoms with Gasteiger partial charge in [0.25, 0.3) is 0 Å². The molecule has 0 saturated heterocycles. The minimum absolute atomic E-state index is 0.583. The van der Waals surface area contributed by atoms with Gasteiger partial charge in [0, 0.05) is 12.7 Å². The molecule has 2 aromatic heterocycles. The van der Waals surface area contributed by atoms with Crippen LogP contribution in [0.5, 0.6) is 5.75 Å². The molecule has 0 aliphatic heterocycles. The maximum Gasteiger partial charge on any atom is 0.204 e. The van der Waals surface area contributed by atoms with Gasteiger partial charge in [0.2, 0.25) is 5.75 Å². The molecule has 7 heteroatoms. The van der Waals surface area contributed by atoms with E-state index in [4.69, 9.17) is 4.74 Å². The van der Waals surface area contributed by atoms with E-state index in [1.54, 1.807) is 25.5 Å². The van der Waals surface area contributed by atoms with Crippen LogP contribution in [0.4, 0.5) is 17.3 Å². The van der Waals surface area contributed by atoms with E-state index in [-0.39, 0.29) is 0 Å². The molecule has 102 valence electrons. The van der Waals surface area contributed by atoms with E-state index in [0.717, 1.165) is 15.9 Å². The lowest BCUT2D eigenvalue weighted by atomic mass is 10.3. The normalized spacial score (nSPS) is 10.5. The molecule has 0 radical (unpaired) electrons. The van der Waals surface area contributed by atoms with Gasteiger partial charge in [-0.25, -0.2) is 15.0 Å². The first kappa shape index (κ1) is 12.6. The molecule has 0 saturated carbocycles. The highest BCUT2D eigenvalue weighted by Crippen LogP contribution is 2.32. The molecule has 3 rings (SSSR count). The second-order valence-electron chi connectivity index (χ2n) is 4.01. The quantitative estimate of drug-likeness (QED) is 0.768. The van der Waals surface area contributed by atoms with E-state index in [1.807, 2.05) is 23.7 Å². The van der Waals surface area contributed by atoms with Crippen LogP contribution in [0.15, 0.2) is 30.0 Å². The van der Waals surface area contributed by atoms with Crippen molar-refractivity contribution in [2.24, 2.45) is 0 Å². The third-order valence-electron chi connectivity index (χ3n) is 2.84. The summed E-state index contributed by atoms with van der Waals surface area (Å²) in [5.74, 6) is 1.85. The van der Waals surface area contributed by atoms with Gasteiger partial charge in [-0.05, 0) is 18.2 Å². The molecule has 0 aliphatic rings. The van der Waals surface area contributed by atoms with Crippen LogP contribution in [0.2, 0.25) is 0 Å². The molecule has 0 bridgehead atoms. The van der Waals surface area contributed by atoms with Crippen LogP contribution >= 0.6 is 11.3 Å². The summed E-state index contributed by atoms with van der Waals surface area (Å²) in [5.41, 5.74) is 3.76. The SMILES string of the molecule is CNc1ncnc(Nc2ccc3ncsc3c2)c1OC. The number of ether oxygens (including phenoxy) is 1. The van der Waals surface area contributed by atoms with E-state index in [1.165, 1.54) is 6.33 Å². The number of nitrogens with zero attached hydrogens (tertiary/aromatic N) is 3. The summed E-state index contributed by atoms with van der Waals surface area (Å²) < 4.78 is 6.47. The van der Waals surface area contributed by atoms with Crippen molar-refractivity contribution in [1.82, 2.24) is 15.0 Å². The lowest BCUT2D eigenvalue weighted by Gasteiger charge is -2.12. The Hall–Kier alpha value is -2.41. The maximum atomic E-state index is 5.35. The third kappa shape index (κ3) is 2.23. The molecule has 0 spiro atoms. The molecule has 0 aliphatic carbocycles. The molecule has 0 atom stereocenters. The summed E-state index contributed by atoms with van der Waals surface area (Å²) in [7, 11) is 3.38. The Labute approximate surface area is 119 Å². The monoisotopic (exact) mass is 287 g/mol. The number of hydrogen-bond donors (Lipinski definition) is 2. The van der Waals surface area contributed by atoms with Gasteiger partial charge in [-0.2, -0.15) is 0 Å². The van der Waals surface area contributed by atoms with Crippen molar-refractivity contribution in [3.8, 4) is 5.75 Å². The van der Waals surface area contributed by atoms with Crippen molar-refractivity contribution in [3.63, 3.8) is 0 Å². The van der Waals surface area contributed by atoms with Gasteiger partial charge in [-0.15, -0.1) is 11.3 Å². The fourth-order valence-electron chi connectivity index (χ4n) is 1.90. The summed E-state index contributed by atoms with van der Waals surface area (Å²) in [6, 6.07) is 5.97. The highest BCUT2D eigenvalue weighted by atomic mass is 32.1. The molecule has 3 aromatic rings. The van der Waals surface area contributed by atoms with Crippen molar-refractivity contribution in [2.75, 3.05) is 24.8 Å². The van der Waals surface area contributed by atoms with Crippen LogP contribution in [-0.2, 0) is 0 Å². The Morgan fingerprint density at radius 3 is 2.80 bits per heavy atom. The molecular weight excluding hydrogens is 274 g/mol. The third-order valence-corrected chi connectivity index (χ3v) is 3.63. The van der Waals surface area contributed by atoms with E-state index in [2.05, 4.69) is 25.6 Å². The second-order valence-corrected chi connectivity index (χ2v) is 4.90. The maximum absolute atomic E-state index is 5.35. The molecule has 0 amide bonds. The van der Waals surface area contributed by atoms with Gasteiger partial charge in [0.15, 0.2) is 11.6 Å². The fourth-order valence-corrected chi connectivity index (χ4v) is 2.62. The summed E-state index contributed by atoms with van der Waals surface area (Å²) in [4.78, 5) is 12.6. The number of rotatable bonds is 4. The Morgan fingerprint density at radius 2 is 2.00 bits per heavy atom. The van der Waals surface area contributed by atoms with E-state index >= 15 is 0 Å². The molecule has 0 fully saturated rings. The standard InChI is InChI=1S/C13H13N5OS/c1-14-12-11(19-2)13(16-6-15-12)18-8-3-4-9-10(5-8)20-7-17-9/h3-7H,1-2H3,(H2,14,15,16,18). The topological polar surface area (TPSA) is 72.0 Å². The van der Waals surface area contributed by atoms with Gasteiger partial charge < -0.3 is 15.4 Å². The number of hydrogen-bond acceptors (Lipinski definition) is 7. The molecular formula is C13H13N5OS. The van der Waals surface area contributed by atoms with Crippen molar-refractivity contribution < 1.29 is 4.74 Å². The number of fused-ring (bicyclic) bond motifs is 1. The highest BCUT2D eigenvalue weighted by molar-refractivity contribution is 7.16. The van der Waals surface area contributed by atoms with Crippen LogP contribution in [-0.4, -0.2) is 29.1 Å². The van der Waals surface area contributed by atoms with Crippen LogP contribution < -0.4 is 15.4 Å². The predicted octanol–water partition coefficient (Wildman–Crippen LogP) is 2.88. The zero-order valence-electron chi connectivity index (χ0n) is 11.0. The minimum atomic E-state index is 0.583. The van der Waals surface area contributed by atoms with Crippen LogP contribution in [0, 0.1) is 0 Å². The summed E-state index contributed by atoms with van der Waals surface area (Å²) in [6.07, 6.45) is 1.49. The van der Waals surface area contributed by atoms with Gasteiger partial charge >= 0.3 is 0 Å². The second kappa shape index (κ2) is 5.30. The Bertz CT molecular complexity index is 742. The van der Waals surface area contributed by atoms with E-state index in [0.29, 0.717) is 17.4 Å². The number of anilines is 3. The Morgan fingerprint density at radius 1 is 1.15 bits per heavy atom. The van der Waals surface area contributed by atoms with Crippen molar-refractivity contribution in [3.05, 3.63) is 30.0 Å². The van der Waals surface area contributed by atoms with Gasteiger partial charge in [-0.3, -0.25) is 0 Å². The molecule has 2 N–H and O–H groups in total. The van der Waals surface area contributed by atoms with Crippen LogP contribution in [0.1, 0.15) is 0 Å².